The van der Waals surface area contributed by atoms with E-state index in [0.29, 0.717) is 11.5 Å². The highest BCUT2D eigenvalue weighted by atomic mass is 32.1. The van der Waals surface area contributed by atoms with E-state index in [1.54, 1.807) is 31.2 Å². The summed E-state index contributed by atoms with van der Waals surface area (Å²) in [5, 5.41) is 8.60. The Morgan fingerprint density at radius 3 is 2.51 bits per heavy atom. The maximum atomic E-state index is 14.5. The lowest BCUT2D eigenvalue weighted by Crippen LogP contribution is -2.27. The maximum Gasteiger partial charge on any atom is 0.359 e. The Bertz CT molecular complexity index is 1450. The molecule has 0 radical (unpaired) electrons. The second-order valence-corrected chi connectivity index (χ2v) is 7.98. The zero-order chi connectivity index (χ0) is 24.9. The smallest absolute Gasteiger partial charge is 0.359 e. The molecule has 0 atom stereocenters. The quantitative estimate of drug-likeness (QED) is 0.369. The van der Waals surface area contributed by atoms with E-state index in [1.807, 2.05) is 0 Å². The van der Waals surface area contributed by atoms with Crippen LogP contribution in [0.15, 0.2) is 58.7 Å². The van der Waals surface area contributed by atoms with Crippen molar-refractivity contribution < 1.29 is 28.2 Å². The van der Waals surface area contributed by atoms with Crippen molar-refractivity contribution in [2.75, 3.05) is 25.6 Å². The van der Waals surface area contributed by atoms with Gasteiger partial charge in [-0.2, -0.15) is 9.78 Å². The monoisotopic (exact) mass is 497 g/mol. The number of hydrogen-bond donors (Lipinski definition) is 1. The molecular formula is C24H20FN3O6S. The van der Waals surface area contributed by atoms with Gasteiger partial charge in [-0.05, 0) is 43.3 Å². The van der Waals surface area contributed by atoms with E-state index in [-0.39, 0.29) is 40.4 Å². The number of aromatic nitrogens is 2. The molecule has 180 valence electrons. The average Bonchev–Trinajstić information content (AvgIpc) is 3.28. The van der Waals surface area contributed by atoms with Crippen molar-refractivity contribution in [1.82, 2.24) is 9.78 Å². The predicted molar refractivity (Wildman–Crippen MR) is 128 cm³/mol. The van der Waals surface area contributed by atoms with Gasteiger partial charge in [-0.3, -0.25) is 9.59 Å². The van der Waals surface area contributed by atoms with Crippen LogP contribution in [-0.4, -0.2) is 42.0 Å². The summed E-state index contributed by atoms with van der Waals surface area (Å²) in [5.74, 6) is -0.918. The van der Waals surface area contributed by atoms with Gasteiger partial charge >= 0.3 is 5.97 Å². The van der Waals surface area contributed by atoms with E-state index in [2.05, 4.69) is 10.4 Å². The minimum atomic E-state index is -0.777. The molecule has 0 fully saturated rings. The first-order chi connectivity index (χ1) is 16.9. The maximum absolute atomic E-state index is 14.5. The van der Waals surface area contributed by atoms with E-state index in [0.717, 1.165) is 16.0 Å². The molecule has 9 nitrogen and oxygen atoms in total. The van der Waals surface area contributed by atoms with Gasteiger partial charge in [0.15, 0.2) is 12.3 Å². The fourth-order valence-corrected chi connectivity index (χ4v) is 4.22. The van der Waals surface area contributed by atoms with Crippen LogP contribution in [0.1, 0.15) is 17.4 Å². The lowest BCUT2D eigenvalue weighted by atomic mass is 10.2. The molecule has 4 aromatic rings. The van der Waals surface area contributed by atoms with Crippen molar-refractivity contribution in [3.8, 4) is 17.2 Å². The fourth-order valence-electron chi connectivity index (χ4n) is 3.26. The summed E-state index contributed by atoms with van der Waals surface area (Å²) in [6.45, 7) is 1.38. The molecule has 0 spiro atoms. The van der Waals surface area contributed by atoms with Crippen molar-refractivity contribution >= 4 is 39.0 Å². The van der Waals surface area contributed by atoms with Gasteiger partial charge in [-0.1, -0.05) is 12.1 Å². The number of fused-ring (bicyclic) bond motifs is 1. The van der Waals surface area contributed by atoms with E-state index in [4.69, 9.17) is 14.2 Å². The number of carbonyl (C=O) groups excluding carboxylic acids is 2. The minimum Gasteiger partial charge on any atom is -0.497 e. The number of rotatable bonds is 8. The number of halogens is 1. The summed E-state index contributed by atoms with van der Waals surface area (Å²) in [7, 11) is 1.54. The third kappa shape index (κ3) is 4.99. The highest BCUT2D eigenvalue weighted by Gasteiger charge is 2.24. The molecule has 35 heavy (non-hydrogen) atoms. The number of amides is 1. The van der Waals surface area contributed by atoms with E-state index >= 15 is 0 Å². The average molecular weight is 498 g/mol. The molecule has 2 heterocycles. The summed E-state index contributed by atoms with van der Waals surface area (Å²) in [6, 6.07) is 12.2. The largest absolute Gasteiger partial charge is 0.497 e. The molecule has 2 aromatic heterocycles. The second-order valence-electron chi connectivity index (χ2n) is 7.10. The topological polar surface area (TPSA) is 109 Å². The summed E-state index contributed by atoms with van der Waals surface area (Å²) in [5.41, 5.74) is -1.02. The van der Waals surface area contributed by atoms with Gasteiger partial charge in [0.25, 0.3) is 11.5 Å². The number of para-hydroxylation sites is 1. The van der Waals surface area contributed by atoms with Crippen molar-refractivity contribution in [2.24, 2.45) is 0 Å². The highest BCUT2D eigenvalue weighted by Crippen LogP contribution is 2.31. The number of anilines is 1. The van der Waals surface area contributed by atoms with Crippen molar-refractivity contribution in [3.63, 3.8) is 0 Å². The standard InChI is InChI=1S/C24H20FN3O6S/c1-3-33-24(31)21-16-13-35-22(26-19(29)12-34-15-10-8-14(32-2)9-11-15)20(16)23(30)28(27-21)18-7-5-4-6-17(18)25/h4-11,13H,3,12H2,1-2H3,(H,26,29). The van der Waals surface area contributed by atoms with Crippen LogP contribution in [0.25, 0.3) is 16.5 Å². The molecule has 0 aliphatic carbocycles. The van der Waals surface area contributed by atoms with Crippen LogP contribution in [0, 0.1) is 5.82 Å². The highest BCUT2D eigenvalue weighted by molar-refractivity contribution is 7.16. The molecule has 0 unspecified atom stereocenters. The SMILES string of the molecule is CCOC(=O)c1nn(-c2ccccc2F)c(=O)c2c(NC(=O)COc3ccc(OC)cc3)scc12. The number of methoxy groups -OCH3 is 1. The van der Waals surface area contributed by atoms with E-state index in [9.17, 15) is 18.8 Å². The zero-order valence-corrected chi connectivity index (χ0v) is 19.6. The molecular weight excluding hydrogens is 477 g/mol. The van der Waals surface area contributed by atoms with Crippen LogP contribution in [0.2, 0.25) is 0 Å². The number of nitrogens with one attached hydrogen (secondary N) is 1. The van der Waals surface area contributed by atoms with Gasteiger partial charge in [0.05, 0.1) is 19.1 Å². The molecule has 0 saturated carbocycles. The number of hydrogen-bond acceptors (Lipinski definition) is 8. The Kier molecular flexibility index (Phi) is 7.06. The molecule has 11 heteroatoms. The minimum absolute atomic E-state index is 0.00843. The van der Waals surface area contributed by atoms with E-state index < -0.39 is 23.3 Å². The first-order valence-corrected chi connectivity index (χ1v) is 11.3. The Balaban J connectivity index is 1.69. The predicted octanol–water partition coefficient (Wildman–Crippen LogP) is 3.79. The van der Waals surface area contributed by atoms with Crippen LogP contribution < -0.4 is 20.3 Å². The lowest BCUT2D eigenvalue weighted by molar-refractivity contribution is -0.118. The Morgan fingerprint density at radius 1 is 1.11 bits per heavy atom. The van der Waals surface area contributed by atoms with E-state index in [1.165, 1.54) is 36.8 Å². The first-order valence-electron chi connectivity index (χ1n) is 10.5. The third-order valence-electron chi connectivity index (χ3n) is 4.88. The van der Waals surface area contributed by atoms with Crippen molar-refractivity contribution in [2.45, 2.75) is 6.92 Å². The van der Waals surface area contributed by atoms with Gasteiger partial charge in [0, 0.05) is 10.8 Å². The Morgan fingerprint density at radius 2 is 1.83 bits per heavy atom. The van der Waals surface area contributed by atoms with Gasteiger partial charge < -0.3 is 19.5 Å². The number of thiophene rings is 1. The molecule has 4 rings (SSSR count). The summed E-state index contributed by atoms with van der Waals surface area (Å²) >= 11 is 1.03. The van der Waals surface area contributed by atoms with Gasteiger partial charge in [-0.15, -0.1) is 11.3 Å². The van der Waals surface area contributed by atoms with Gasteiger partial charge in [-0.25, -0.2) is 9.18 Å². The van der Waals surface area contributed by atoms with Crippen LogP contribution >= 0.6 is 11.3 Å². The Labute approximate surface area is 202 Å². The fraction of sp³-hybridized carbons (Fsp3) is 0.167. The molecule has 0 bridgehead atoms. The lowest BCUT2D eigenvalue weighted by Gasteiger charge is -2.11. The molecule has 0 aliphatic rings. The summed E-state index contributed by atoms with van der Waals surface area (Å²) in [6.07, 6.45) is 0. The van der Waals surface area contributed by atoms with Crippen molar-refractivity contribution in [1.29, 1.82) is 0 Å². The third-order valence-corrected chi connectivity index (χ3v) is 5.78. The number of carbonyl (C=O) groups is 2. The second kappa shape index (κ2) is 10.3. The van der Waals surface area contributed by atoms with Crippen LogP contribution in [0.5, 0.6) is 11.5 Å². The number of ether oxygens (including phenoxy) is 3. The van der Waals surface area contributed by atoms with Gasteiger partial charge in [0.2, 0.25) is 0 Å². The molecule has 0 aliphatic heterocycles. The molecule has 2 aromatic carbocycles. The van der Waals surface area contributed by atoms with Gasteiger partial charge in [0.1, 0.15) is 28.0 Å². The summed E-state index contributed by atoms with van der Waals surface area (Å²) in [4.78, 5) is 38.4. The molecule has 0 saturated heterocycles. The van der Waals surface area contributed by atoms with Crippen LogP contribution in [-0.2, 0) is 9.53 Å². The normalized spacial score (nSPS) is 10.7. The van der Waals surface area contributed by atoms with Crippen LogP contribution in [0.3, 0.4) is 0 Å². The summed E-state index contributed by atoms with van der Waals surface area (Å²) < 4.78 is 30.9. The number of nitrogens with zero attached hydrogens (tertiary/aromatic N) is 2. The first kappa shape index (κ1) is 23.9. The number of esters is 1. The van der Waals surface area contributed by atoms with Crippen molar-refractivity contribution in [3.05, 3.63) is 75.8 Å². The zero-order valence-electron chi connectivity index (χ0n) is 18.7. The van der Waals surface area contributed by atoms with Crippen LogP contribution in [0.4, 0.5) is 9.39 Å². The number of benzene rings is 2. The Hall–Kier alpha value is -4.25. The molecule has 1 N–H and O–H groups in total. The molecule has 1 amide bonds.